The van der Waals surface area contributed by atoms with E-state index in [2.05, 4.69) is 31.1 Å². The van der Waals surface area contributed by atoms with E-state index in [-0.39, 0.29) is 0 Å². The molecule has 0 spiro atoms. The molecule has 1 aliphatic heterocycles. The molecular formula is C9H20N2. The maximum Gasteiger partial charge on any atom is 0.00478 e. The van der Waals surface area contributed by atoms with Crippen LogP contribution >= 0.6 is 0 Å². The summed E-state index contributed by atoms with van der Waals surface area (Å²) < 4.78 is 0. The molecule has 11 heavy (non-hydrogen) atoms. The molecule has 66 valence electrons. The average Bonchev–Trinajstić information content (AvgIpc) is 1.85. The molecule has 2 nitrogen and oxygen atoms in total. The highest BCUT2D eigenvalue weighted by molar-refractivity contribution is 4.93. The molecule has 0 saturated carbocycles. The van der Waals surface area contributed by atoms with E-state index in [4.69, 9.17) is 0 Å². The summed E-state index contributed by atoms with van der Waals surface area (Å²) in [6.45, 7) is 8.38. The van der Waals surface area contributed by atoms with Crippen molar-refractivity contribution >= 4 is 0 Å². The first kappa shape index (κ1) is 9.01. The van der Waals surface area contributed by atoms with E-state index in [9.17, 15) is 0 Å². The molecule has 1 fully saturated rings. The van der Waals surface area contributed by atoms with Crippen LogP contribution < -0.4 is 5.32 Å². The third kappa shape index (κ3) is 1.74. The Kier molecular flexibility index (Phi) is 2.55. The maximum absolute atomic E-state index is 3.24. The van der Waals surface area contributed by atoms with E-state index >= 15 is 0 Å². The number of likely N-dealkylation sites (tertiary alicyclic amines) is 1. The second kappa shape index (κ2) is 3.11. The minimum atomic E-state index is 0.567. The minimum Gasteiger partial charge on any atom is -0.319 e. The number of nitrogens with zero attached hydrogens (tertiary/aromatic N) is 1. The quantitative estimate of drug-likeness (QED) is 0.650. The zero-order chi connectivity index (χ0) is 8.48. The molecule has 1 rings (SSSR count). The van der Waals surface area contributed by atoms with Crippen LogP contribution in [-0.2, 0) is 0 Å². The molecule has 0 amide bonds. The van der Waals surface area contributed by atoms with Gasteiger partial charge in [-0.2, -0.15) is 0 Å². The largest absolute Gasteiger partial charge is 0.319 e. The Labute approximate surface area is 70.0 Å². The van der Waals surface area contributed by atoms with Gasteiger partial charge in [0.05, 0.1) is 0 Å². The van der Waals surface area contributed by atoms with Crippen molar-refractivity contribution in [2.24, 2.45) is 11.3 Å². The van der Waals surface area contributed by atoms with Gasteiger partial charge < -0.3 is 10.2 Å². The van der Waals surface area contributed by atoms with Gasteiger partial charge in [0.2, 0.25) is 0 Å². The molecule has 0 unspecified atom stereocenters. The zero-order valence-electron chi connectivity index (χ0n) is 8.15. The Hall–Kier alpha value is -0.0800. The van der Waals surface area contributed by atoms with Crippen LogP contribution in [0, 0.1) is 11.3 Å². The van der Waals surface area contributed by atoms with Gasteiger partial charge in [0.1, 0.15) is 0 Å². The summed E-state index contributed by atoms with van der Waals surface area (Å²) in [7, 11) is 4.22. The SMILES string of the molecule is CNC[C@@H](C)C1(C)CN(C)C1. The van der Waals surface area contributed by atoms with Crippen LogP contribution in [-0.4, -0.2) is 38.6 Å². The van der Waals surface area contributed by atoms with Crippen LogP contribution in [0.1, 0.15) is 13.8 Å². The van der Waals surface area contributed by atoms with Crippen molar-refractivity contribution in [3.63, 3.8) is 0 Å². The third-order valence-corrected chi connectivity index (χ3v) is 2.96. The van der Waals surface area contributed by atoms with E-state index in [1.165, 1.54) is 13.1 Å². The minimum absolute atomic E-state index is 0.567. The topological polar surface area (TPSA) is 15.3 Å². The summed E-state index contributed by atoms with van der Waals surface area (Å²) >= 11 is 0. The first-order valence-electron chi connectivity index (χ1n) is 4.41. The lowest BCUT2D eigenvalue weighted by molar-refractivity contribution is -0.00666. The summed E-state index contributed by atoms with van der Waals surface area (Å²) in [5, 5.41) is 3.24. The number of hydrogen-bond donors (Lipinski definition) is 1. The third-order valence-electron chi connectivity index (χ3n) is 2.96. The Morgan fingerprint density at radius 3 is 2.45 bits per heavy atom. The van der Waals surface area contributed by atoms with Crippen molar-refractivity contribution in [1.82, 2.24) is 10.2 Å². The van der Waals surface area contributed by atoms with Gasteiger partial charge in [0.25, 0.3) is 0 Å². The zero-order valence-corrected chi connectivity index (χ0v) is 8.15. The summed E-state index contributed by atoms with van der Waals surface area (Å²) in [4.78, 5) is 2.38. The van der Waals surface area contributed by atoms with Gasteiger partial charge in [-0.3, -0.25) is 0 Å². The monoisotopic (exact) mass is 156 g/mol. The Balaban J connectivity index is 2.34. The molecule has 0 aromatic carbocycles. The highest BCUT2D eigenvalue weighted by Gasteiger charge is 2.40. The summed E-state index contributed by atoms with van der Waals surface area (Å²) in [6.07, 6.45) is 0. The molecule has 2 heteroatoms. The molecule has 1 saturated heterocycles. The summed E-state index contributed by atoms with van der Waals surface area (Å²) in [6, 6.07) is 0. The van der Waals surface area contributed by atoms with Crippen molar-refractivity contribution in [2.75, 3.05) is 33.7 Å². The predicted octanol–water partition coefficient (Wildman–Crippen LogP) is 0.794. The van der Waals surface area contributed by atoms with Crippen LogP contribution in [0.15, 0.2) is 0 Å². The van der Waals surface area contributed by atoms with E-state index < -0.39 is 0 Å². The van der Waals surface area contributed by atoms with Gasteiger partial charge in [-0.15, -0.1) is 0 Å². The lowest BCUT2D eigenvalue weighted by atomic mass is 9.72. The van der Waals surface area contributed by atoms with Gasteiger partial charge in [-0.05, 0) is 32.0 Å². The van der Waals surface area contributed by atoms with Crippen molar-refractivity contribution in [3.05, 3.63) is 0 Å². The van der Waals surface area contributed by atoms with E-state index in [0.717, 1.165) is 12.5 Å². The van der Waals surface area contributed by atoms with Crippen LogP contribution in [0.25, 0.3) is 0 Å². The first-order chi connectivity index (χ1) is 5.08. The molecule has 0 aromatic rings. The normalized spacial score (nSPS) is 26.2. The molecule has 0 bridgehead atoms. The van der Waals surface area contributed by atoms with Crippen molar-refractivity contribution < 1.29 is 0 Å². The Morgan fingerprint density at radius 2 is 2.09 bits per heavy atom. The van der Waals surface area contributed by atoms with Crippen molar-refractivity contribution in [3.8, 4) is 0 Å². The standard InChI is InChI=1S/C9H20N2/c1-8(5-10-3)9(2)6-11(4)7-9/h8,10H,5-7H2,1-4H3/t8-/m1/s1. The number of nitrogens with one attached hydrogen (secondary N) is 1. The van der Waals surface area contributed by atoms with Gasteiger partial charge in [-0.1, -0.05) is 13.8 Å². The number of hydrogen-bond acceptors (Lipinski definition) is 2. The van der Waals surface area contributed by atoms with Crippen LogP contribution in [0.5, 0.6) is 0 Å². The fraction of sp³-hybridized carbons (Fsp3) is 1.00. The van der Waals surface area contributed by atoms with E-state index in [0.29, 0.717) is 5.41 Å². The second-order valence-corrected chi connectivity index (χ2v) is 4.29. The van der Waals surface area contributed by atoms with Gasteiger partial charge >= 0.3 is 0 Å². The molecule has 0 aliphatic carbocycles. The van der Waals surface area contributed by atoms with Crippen LogP contribution in [0.3, 0.4) is 0 Å². The van der Waals surface area contributed by atoms with Gasteiger partial charge in [0.15, 0.2) is 0 Å². The lowest BCUT2D eigenvalue weighted by Gasteiger charge is -2.50. The van der Waals surface area contributed by atoms with Crippen LogP contribution in [0.4, 0.5) is 0 Å². The smallest absolute Gasteiger partial charge is 0.00478 e. The molecule has 0 aromatic heterocycles. The van der Waals surface area contributed by atoms with Crippen molar-refractivity contribution in [1.29, 1.82) is 0 Å². The Bertz CT molecular complexity index is 128. The molecular weight excluding hydrogens is 136 g/mol. The number of rotatable bonds is 3. The fourth-order valence-electron chi connectivity index (χ4n) is 2.05. The van der Waals surface area contributed by atoms with Gasteiger partial charge in [-0.25, -0.2) is 0 Å². The lowest BCUT2D eigenvalue weighted by Crippen LogP contribution is -2.57. The predicted molar refractivity (Wildman–Crippen MR) is 48.7 cm³/mol. The highest BCUT2D eigenvalue weighted by Crippen LogP contribution is 2.35. The molecule has 0 radical (unpaired) electrons. The molecule has 1 N–H and O–H groups in total. The maximum atomic E-state index is 3.24. The van der Waals surface area contributed by atoms with E-state index in [1.54, 1.807) is 0 Å². The van der Waals surface area contributed by atoms with Gasteiger partial charge in [0, 0.05) is 13.1 Å². The van der Waals surface area contributed by atoms with Crippen molar-refractivity contribution in [2.45, 2.75) is 13.8 Å². The fourth-order valence-corrected chi connectivity index (χ4v) is 2.05. The summed E-state index contributed by atoms with van der Waals surface area (Å²) in [5.74, 6) is 0.795. The Morgan fingerprint density at radius 1 is 1.55 bits per heavy atom. The van der Waals surface area contributed by atoms with Crippen LogP contribution in [0.2, 0.25) is 0 Å². The highest BCUT2D eigenvalue weighted by atomic mass is 15.2. The molecule has 1 heterocycles. The first-order valence-corrected chi connectivity index (χ1v) is 4.41. The average molecular weight is 156 g/mol. The summed E-state index contributed by atoms with van der Waals surface area (Å²) in [5.41, 5.74) is 0.567. The van der Waals surface area contributed by atoms with E-state index in [1.807, 2.05) is 7.05 Å². The molecule has 1 aliphatic rings. The molecule has 1 atom stereocenters. The second-order valence-electron chi connectivity index (χ2n) is 4.29.